The van der Waals surface area contributed by atoms with Crippen molar-refractivity contribution in [3.8, 4) is 11.5 Å². The quantitative estimate of drug-likeness (QED) is 0.764. The highest BCUT2D eigenvalue weighted by Crippen LogP contribution is 2.34. The number of ether oxygens (including phenoxy) is 1. The number of nitrogens with one attached hydrogen (secondary N) is 1. The monoisotopic (exact) mass is 320 g/mol. The van der Waals surface area contributed by atoms with Crippen LogP contribution in [0, 0.1) is 6.92 Å². The number of nitrogens with zero attached hydrogens (tertiary/aromatic N) is 1. The van der Waals surface area contributed by atoms with Gasteiger partial charge >= 0.3 is 0 Å². The van der Waals surface area contributed by atoms with E-state index >= 15 is 0 Å². The van der Waals surface area contributed by atoms with Crippen LogP contribution in [0.15, 0.2) is 41.5 Å². The average Bonchev–Trinajstić information content (AvgIpc) is 2.44. The second-order valence-electron chi connectivity index (χ2n) is 4.54. The number of hydrogen-bond donors (Lipinski definition) is 1. The molecule has 3 rings (SSSR count). The van der Waals surface area contributed by atoms with Gasteiger partial charge in [-0.3, -0.25) is 4.79 Å². The molecule has 0 saturated carbocycles. The van der Waals surface area contributed by atoms with Crippen LogP contribution in [0.25, 0.3) is 10.9 Å². The molecule has 0 aliphatic heterocycles. The van der Waals surface area contributed by atoms with Gasteiger partial charge in [0.25, 0.3) is 5.56 Å². The second-order valence-corrected chi connectivity index (χ2v) is 5.39. The van der Waals surface area contributed by atoms with Crippen LogP contribution in [-0.4, -0.2) is 9.97 Å². The van der Waals surface area contributed by atoms with Gasteiger partial charge in [0.2, 0.25) is 0 Å². The van der Waals surface area contributed by atoms with Gasteiger partial charge in [0.15, 0.2) is 0 Å². The number of H-pyrrole nitrogens is 1. The van der Waals surface area contributed by atoms with Crippen molar-refractivity contribution in [2.75, 3.05) is 0 Å². The molecule has 21 heavy (non-hydrogen) atoms. The molecule has 0 aliphatic carbocycles. The molecule has 4 nitrogen and oxygen atoms in total. The molecule has 0 bridgehead atoms. The molecule has 106 valence electrons. The third kappa shape index (κ3) is 2.73. The van der Waals surface area contributed by atoms with E-state index in [0.29, 0.717) is 32.4 Å². The van der Waals surface area contributed by atoms with Crippen molar-refractivity contribution in [3.05, 3.63) is 62.6 Å². The van der Waals surface area contributed by atoms with Gasteiger partial charge in [0.1, 0.15) is 11.5 Å². The van der Waals surface area contributed by atoms with E-state index in [4.69, 9.17) is 27.9 Å². The lowest BCUT2D eigenvalue weighted by atomic mass is 10.1. The molecule has 0 radical (unpaired) electrons. The van der Waals surface area contributed by atoms with E-state index in [9.17, 15) is 4.79 Å². The Balaban J connectivity index is 2.12. The van der Waals surface area contributed by atoms with Crippen LogP contribution in [-0.2, 0) is 0 Å². The molecule has 0 spiro atoms. The summed E-state index contributed by atoms with van der Waals surface area (Å²) < 4.78 is 5.79. The van der Waals surface area contributed by atoms with Crippen molar-refractivity contribution in [3.63, 3.8) is 0 Å². The summed E-state index contributed by atoms with van der Waals surface area (Å²) in [5.41, 5.74) is 1.24. The molecular weight excluding hydrogens is 311 g/mol. The molecule has 1 heterocycles. The maximum atomic E-state index is 11.8. The van der Waals surface area contributed by atoms with Crippen LogP contribution in [0.3, 0.4) is 0 Å². The topological polar surface area (TPSA) is 55.0 Å². The van der Waals surface area contributed by atoms with E-state index < -0.39 is 0 Å². The fourth-order valence-electron chi connectivity index (χ4n) is 1.98. The zero-order chi connectivity index (χ0) is 15.0. The number of halogens is 2. The summed E-state index contributed by atoms with van der Waals surface area (Å²) in [6.45, 7) is 1.87. The summed E-state index contributed by atoms with van der Waals surface area (Å²) in [4.78, 5) is 18.5. The SMILES string of the molecule is Cc1cc2nc[nH]c(=O)c2cc1Oc1cc(Cl)ccc1Cl. The van der Waals surface area contributed by atoms with Crippen LogP contribution in [0.5, 0.6) is 11.5 Å². The molecule has 2 aromatic carbocycles. The van der Waals surface area contributed by atoms with Crippen molar-refractivity contribution >= 4 is 34.1 Å². The first kappa shape index (κ1) is 13.9. The highest BCUT2D eigenvalue weighted by atomic mass is 35.5. The highest BCUT2D eigenvalue weighted by Gasteiger charge is 2.10. The summed E-state index contributed by atoms with van der Waals surface area (Å²) in [5.74, 6) is 0.970. The van der Waals surface area contributed by atoms with E-state index in [0.717, 1.165) is 5.56 Å². The number of benzene rings is 2. The Morgan fingerprint density at radius 1 is 1.14 bits per heavy atom. The second kappa shape index (κ2) is 5.39. The number of aryl methyl sites for hydroxylation is 1. The van der Waals surface area contributed by atoms with E-state index in [1.807, 2.05) is 6.92 Å². The van der Waals surface area contributed by atoms with Crippen LogP contribution in [0.2, 0.25) is 10.0 Å². The predicted molar refractivity (Wildman–Crippen MR) is 83.6 cm³/mol. The van der Waals surface area contributed by atoms with Crippen LogP contribution >= 0.6 is 23.2 Å². The van der Waals surface area contributed by atoms with Crippen LogP contribution < -0.4 is 10.3 Å². The maximum absolute atomic E-state index is 11.8. The number of fused-ring (bicyclic) bond motifs is 1. The zero-order valence-corrected chi connectivity index (χ0v) is 12.5. The first-order valence-corrected chi connectivity index (χ1v) is 6.91. The fourth-order valence-corrected chi connectivity index (χ4v) is 2.30. The zero-order valence-electron chi connectivity index (χ0n) is 11.0. The Morgan fingerprint density at radius 2 is 1.95 bits per heavy atom. The van der Waals surface area contributed by atoms with Crippen LogP contribution in [0.4, 0.5) is 0 Å². The number of rotatable bonds is 2. The lowest BCUT2D eigenvalue weighted by Crippen LogP contribution is -2.06. The van der Waals surface area contributed by atoms with Crippen molar-refractivity contribution in [1.29, 1.82) is 0 Å². The number of aromatic amines is 1. The van der Waals surface area contributed by atoms with Gasteiger partial charge in [-0.2, -0.15) is 0 Å². The van der Waals surface area contributed by atoms with Gasteiger partial charge in [0, 0.05) is 11.1 Å². The van der Waals surface area contributed by atoms with Gasteiger partial charge < -0.3 is 9.72 Å². The molecule has 0 atom stereocenters. The van der Waals surface area contributed by atoms with Crippen molar-refractivity contribution < 1.29 is 4.74 Å². The standard InChI is InChI=1S/C15H10Cl2N2O2/c1-8-4-12-10(15(20)19-7-18-12)6-13(8)21-14-5-9(16)2-3-11(14)17/h2-7H,1H3,(H,18,19,20). The van der Waals surface area contributed by atoms with Gasteiger partial charge in [-0.15, -0.1) is 0 Å². The highest BCUT2D eigenvalue weighted by molar-refractivity contribution is 6.34. The molecule has 3 aromatic rings. The minimum absolute atomic E-state index is 0.220. The Labute approximate surface area is 130 Å². The third-order valence-corrected chi connectivity index (χ3v) is 3.60. The number of hydrogen-bond acceptors (Lipinski definition) is 3. The minimum Gasteiger partial charge on any atom is -0.455 e. The fraction of sp³-hybridized carbons (Fsp3) is 0.0667. The molecule has 0 amide bonds. The van der Waals surface area contributed by atoms with Crippen molar-refractivity contribution in [2.45, 2.75) is 6.92 Å². The van der Waals surface area contributed by atoms with E-state index in [1.54, 1.807) is 30.3 Å². The molecule has 6 heteroatoms. The first-order chi connectivity index (χ1) is 10.0. The molecule has 0 saturated heterocycles. The molecule has 0 fully saturated rings. The normalized spacial score (nSPS) is 10.8. The van der Waals surface area contributed by atoms with Gasteiger partial charge in [-0.05, 0) is 36.8 Å². The lowest BCUT2D eigenvalue weighted by Gasteiger charge is -2.11. The Bertz CT molecular complexity index is 890. The summed E-state index contributed by atoms with van der Waals surface area (Å²) in [7, 11) is 0. The average molecular weight is 321 g/mol. The van der Waals surface area contributed by atoms with Gasteiger partial charge in [-0.25, -0.2) is 4.98 Å². The van der Waals surface area contributed by atoms with E-state index in [-0.39, 0.29) is 5.56 Å². The molecule has 1 aromatic heterocycles. The Kier molecular flexibility index (Phi) is 3.57. The van der Waals surface area contributed by atoms with Crippen molar-refractivity contribution in [1.82, 2.24) is 9.97 Å². The summed E-state index contributed by atoms with van der Waals surface area (Å²) in [6, 6.07) is 8.40. The summed E-state index contributed by atoms with van der Waals surface area (Å²) in [6.07, 6.45) is 1.37. The van der Waals surface area contributed by atoms with Gasteiger partial charge in [-0.1, -0.05) is 23.2 Å². The predicted octanol–water partition coefficient (Wildman–Crippen LogP) is 4.33. The maximum Gasteiger partial charge on any atom is 0.258 e. The first-order valence-electron chi connectivity index (χ1n) is 6.15. The summed E-state index contributed by atoms with van der Waals surface area (Å²) >= 11 is 12.0. The molecular formula is C15H10Cl2N2O2. The van der Waals surface area contributed by atoms with E-state index in [1.165, 1.54) is 6.33 Å². The molecule has 1 N–H and O–H groups in total. The summed E-state index contributed by atoms with van der Waals surface area (Å²) in [5, 5.41) is 1.42. The van der Waals surface area contributed by atoms with Gasteiger partial charge in [0.05, 0.1) is 22.3 Å². The van der Waals surface area contributed by atoms with Crippen molar-refractivity contribution in [2.24, 2.45) is 0 Å². The minimum atomic E-state index is -0.220. The number of aromatic nitrogens is 2. The van der Waals surface area contributed by atoms with Crippen LogP contribution in [0.1, 0.15) is 5.56 Å². The largest absolute Gasteiger partial charge is 0.455 e. The third-order valence-electron chi connectivity index (χ3n) is 3.05. The molecule has 0 unspecified atom stereocenters. The molecule has 0 aliphatic rings. The smallest absolute Gasteiger partial charge is 0.258 e. The lowest BCUT2D eigenvalue weighted by molar-refractivity contribution is 0.480. The van der Waals surface area contributed by atoms with E-state index in [2.05, 4.69) is 9.97 Å². The Morgan fingerprint density at radius 3 is 2.76 bits per heavy atom. The Hall–Kier alpha value is -2.04.